The molecule has 6 unspecified atom stereocenters. The van der Waals surface area contributed by atoms with Crippen LogP contribution in [0.3, 0.4) is 0 Å². The van der Waals surface area contributed by atoms with Crippen LogP contribution in [0, 0.1) is 29.6 Å². The number of fused-ring (bicyclic) bond motifs is 1. The summed E-state index contributed by atoms with van der Waals surface area (Å²) in [6.45, 7) is 0.0699. The molecule has 0 aromatic carbocycles. The minimum Gasteiger partial charge on any atom is -0.469 e. The van der Waals surface area contributed by atoms with Gasteiger partial charge < -0.3 is 14.6 Å². The van der Waals surface area contributed by atoms with Crippen molar-refractivity contribution in [2.24, 2.45) is 29.6 Å². The first-order valence-electron chi connectivity index (χ1n) is 6.58. The van der Waals surface area contributed by atoms with E-state index in [0.717, 1.165) is 12.8 Å². The van der Waals surface area contributed by atoms with Gasteiger partial charge in [-0.15, -0.1) is 0 Å². The summed E-state index contributed by atoms with van der Waals surface area (Å²) >= 11 is 0. The molecule has 4 aliphatic rings. The van der Waals surface area contributed by atoms with Gasteiger partial charge in [0.25, 0.3) is 0 Å². The molecule has 0 amide bonds. The zero-order valence-electron chi connectivity index (χ0n) is 10.4. The zero-order valence-corrected chi connectivity index (χ0v) is 10.4. The monoisotopic (exact) mass is 254 g/mol. The second-order valence-corrected chi connectivity index (χ2v) is 5.56. The quantitative estimate of drug-likeness (QED) is 0.736. The van der Waals surface area contributed by atoms with Gasteiger partial charge in [-0.2, -0.15) is 0 Å². The maximum Gasteiger partial charge on any atom is 0.310 e. The number of methoxy groups -OCH3 is 1. The van der Waals surface area contributed by atoms with Crippen LogP contribution in [0.1, 0.15) is 19.3 Å². The van der Waals surface area contributed by atoms with E-state index in [9.17, 15) is 9.59 Å². The molecule has 3 aliphatic carbocycles. The molecular formula is C13H18O5. The summed E-state index contributed by atoms with van der Waals surface area (Å²) in [7, 11) is 1.36. The summed E-state index contributed by atoms with van der Waals surface area (Å²) in [5.41, 5.74) is 0. The Hall–Kier alpha value is -1.10. The van der Waals surface area contributed by atoms with E-state index < -0.39 is 0 Å². The molecule has 0 aromatic rings. The van der Waals surface area contributed by atoms with Crippen molar-refractivity contribution in [1.82, 2.24) is 0 Å². The number of carbonyl (C=O) groups is 2. The second kappa shape index (κ2) is 4.23. The lowest BCUT2D eigenvalue weighted by atomic mass is 9.54. The molecule has 4 rings (SSSR count). The Bertz CT molecular complexity index is 380. The van der Waals surface area contributed by atoms with Gasteiger partial charge in [-0.25, -0.2) is 0 Å². The number of aliphatic hydroxyl groups is 1. The van der Waals surface area contributed by atoms with Crippen LogP contribution < -0.4 is 0 Å². The molecule has 1 N–H and O–H groups in total. The first-order chi connectivity index (χ1) is 8.69. The predicted molar refractivity (Wildman–Crippen MR) is 60.3 cm³/mol. The summed E-state index contributed by atoms with van der Waals surface area (Å²) in [4.78, 5) is 23.9. The Labute approximate surface area is 105 Å². The third-order valence-electron chi connectivity index (χ3n) is 5.00. The zero-order chi connectivity index (χ0) is 12.9. The third kappa shape index (κ3) is 1.43. The smallest absolute Gasteiger partial charge is 0.310 e. The van der Waals surface area contributed by atoms with Crippen LogP contribution in [-0.2, 0) is 19.1 Å². The molecule has 5 nitrogen and oxygen atoms in total. The van der Waals surface area contributed by atoms with E-state index in [0.29, 0.717) is 6.42 Å². The molecule has 100 valence electrons. The van der Waals surface area contributed by atoms with Crippen molar-refractivity contribution in [3.8, 4) is 0 Å². The average molecular weight is 254 g/mol. The Balaban J connectivity index is 1.96. The number of esters is 2. The van der Waals surface area contributed by atoms with Crippen molar-refractivity contribution in [1.29, 1.82) is 0 Å². The summed E-state index contributed by atoms with van der Waals surface area (Å²) < 4.78 is 10.3. The second-order valence-electron chi connectivity index (χ2n) is 5.56. The fourth-order valence-corrected chi connectivity index (χ4v) is 4.38. The van der Waals surface area contributed by atoms with Crippen molar-refractivity contribution in [3.05, 3.63) is 0 Å². The van der Waals surface area contributed by atoms with E-state index in [1.54, 1.807) is 0 Å². The topological polar surface area (TPSA) is 72.8 Å². The van der Waals surface area contributed by atoms with E-state index >= 15 is 0 Å². The van der Waals surface area contributed by atoms with Crippen LogP contribution in [0.2, 0.25) is 0 Å². The van der Waals surface area contributed by atoms with Crippen LogP contribution in [0.25, 0.3) is 0 Å². The minimum absolute atomic E-state index is 0.0699. The molecule has 1 aliphatic heterocycles. The van der Waals surface area contributed by atoms with E-state index in [1.165, 1.54) is 7.11 Å². The van der Waals surface area contributed by atoms with Crippen LogP contribution in [0.4, 0.5) is 0 Å². The van der Waals surface area contributed by atoms with Crippen molar-refractivity contribution in [2.45, 2.75) is 25.4 Å². The number of rotatable bonds is 3. The van der Waals surface area contributed by atoms with Gasteiger partial charge in [-0.1, -0.05) is 0 Å². The van der Waals surface area contributed by atoms with E-state index in [1.807, 2.05) is 0 Å². The molecule has 5 heteroatoms. The van der Waals surface area contributed by atoms with Crippen LogP contribution in [-0.4, -0.2) is 36.9 Å². The fourth-order valence-electron chi connectivity index (χ4n) is 4.38. The Morgan fingerprint density at radius 3 is 2.83 bits per heavy atom. The van der Waals surface area contributed by atoms with Gasteiger partial charge in [0.1, 0.15) is 6.10 Å². The Morgan fingerprint density at radius 2 is 2.17 bits per heavy atom. The molecule has 0 spiro atoms. The van der Waals surface area contributed by atoms with Gasteiger partial charge in [-0.3, -0.25) is 9.59 Å². The van der Waals surface area contributed by atoms with E-state index in [2.05, 4.69) is 0 Å². The molecule has 0 aromatic heterocycles. The van der Waals surface area contributed by atoms with Crippen LogP contribution >= 0.6 is 0 Å². The normalized spacial score (nSPS) is 44.9. The Kier molecular flexibility index (Phi) is 2.81. The summed E-state index contributed by atoms with van der Waals surface area (Å²) in [5.74, 6) is -0.840. The Morgan fingerprint density at radius 1 is 1.44 bits per heavy atom. The highest BCUT2D eigenvalue weighted by Crippen LogP contribution is 2.58. The number of carbonyl (C=O) groups excluding carboxylic acids is 2. The predicted octanol–water partition coefficient (Wildman–Crippen LogP) is 0.356. The number of ether oxygens (including phenoxy) is 2. The number of hydrogen-bond acceptors (Lipinski definition) is 5. The largest absolute Gasteiger partial charge is 0.469 e. The highest BCUT2D eigenvalue weighted by Gasteiger charge is 2.64. The van der Waals surface area contributed by atoms with Gasteiger partial charge in [0.05, 0.1) is 18.9 Å². The number of hydrogen-bond donors (Lipinski definition) is 1. The molecular weight excluding hydrogens is 236 g/mol. The van der Waals surface area contributed by atoms with Crippen molar-refractivity contribution in [3.63, 3.8) is 0 Å². The SMILES string of the molecule is COC(=O)C1C2CCC3C(OC(=O)C31)C2CCO. The van der Waals surface area contributed by atoms with Crippen molar-refractivity contribution < 1.29 is 24.2 Å². The molecule has 6 atom stereocenters. The molecule has 4 bridgehead atoms. The van der Waals surface area contributed by atoms with Gasteiger partial charge in [0, 0.05) is 18.4 Å². The van der Waals surface area contributed by atoms with Gasteiger partial charge in [0.15, 0.2) is 0 Å². The van der Waals surface area contributed by atoms with Crippen LogP contribution in [0.5, 0.6) is 0 Å². The highest BCUT2D eigenvalue weighted by molar-refractivity contribution is 5.85. The maximum atomic E-state index is 11.9. The summed E-state index contributed by atoms with van der Waals surface area (Å²) in [6, 6.07) is 0. The lowest BCUT2D eigenvalue weighted by Gasteiger charge is -2.48. The first-order valence-corrected chi connectivity index (χ1v) is 6.58. The first kappa shape index (κ1) is 12.0. The van der Waals surface area contributed by atoms with Gasteiger partial charge >= 0.3 is 11.9 Å². The lowest BCUT2D eigenvalue weighted by molar-refractivity contribution is -0.160. The lowest BCUT2D eigenvalue weighted by Crippen LogP contribution is -2.53. The molecule has 1 saturated heterocycles. The summed E-state index contributed by atoms with van der Waals surface area (Å²) in [6.07, 6.45) is 2.38. The van der Waals surface area contributed by atoms with Crippen molar-refractivity contribution in [2.75, 3.05) is 13.7 Å². The minimum atomic E-state index is -0.364. The molecule has 3 saturated carbocycles. The number of aliphatic hydroxyl groups excluding tert-OH is 1. The average Bonchev–Trinajstić information content (AvgIpc) is 2.68. The van der Waals surface area contributed by atoms with E-state index in [-0.39, 0.29) is 54.2 Å². The summed E-state index contributed by atoms with van der Waals surface area (Å²) in [5, 5.41) is 9.16. The van der Waals surface area contributed by atoms with Crippen LogP contribution in [0.15, 0.2) is 0 Å². The van der Waals surface area contributed by atoms with Gasteiger partial charge in [0.2, 0.25) is 0 Å². The standard InChI is InChI=1S/C13H18O5/c1-17-12(15)9-6-2-3-8-10(9)13(16)18-11(8)7(6)4-5-14/h6-11,14H,2-5H2,1H3. The maximum absolute atomic E-state index is 11.9. The third-order valence-corrected chi connectivity index (χ3v) is 5.00. The van der Waals surface area contributed by atoms with E-state index in [4.69, 9.17) is 14.6 Å². The molecule has 4 fully saturated rings. The molecule has 1 heterocycles. The van der Waals surface area contributed by atoms with Crippen molar-refractivity contribution >= 4 is 11.9 Å². The molecule has 18 heavy (non-hydrogen) atoms. The van der Waals surface area contributed by atoms with Gasteiger partial charge in [-0.05, 0) is 25.2 Å². The highest BCUT2D eigenvalue weighted by atomic mass is 16.6. The fraction of sp³-hybridized carbons (Fsp3) is 0.846. The molecule has 0 radical (unpaired) electrons.